The lowest BCUT2D eigenvalue weighted by molar-refractivity contribution is 0.358. The van der Waals surface area contributed by atoms with Crippen LogP contribution in [0.3, 0.4) is 0 Å². The molecule has 0 spiro atoms. The van der Waals surface area contributed by atoms with Crippen LogP contribution in [0.15, 0.2) is 24.8 Å². The van der Waals surface area contributed by atoms with E-state index in [1.165, 1.54) is 51.4 Å². The summed E-state index contributed by atoms with van der Waals surface area (Å²) in [6.45, 7) is 6.00. The van der Waals surface area contributed by atoms with Gasteiger partial charge < -0.3 is 4.74 Å². The van der Waals surface area contributed by atoms with Crippen LogP contribution in [0.5, 0.6) is 0 Å². The average Bonchev–Trinajstić information content (AvgIpc) is 3.12. The SMILES string of the molecule is C=CCCCCC[C@H]1O[C@@H]1CC=CCCCCC. The summed E-state index contributed by atoms with van der Waals surface area (Å²) in [5, 5.41) is 0. The van der Waals surface area contributed by atoms with Gasteiger partial charge in [-0.1, -0.05) is 50.8 Å². The fourth-order valence-corrected chi connectivity index (χ4v) is 2.31. The molecule has 0 unspecified atom stereocenters. The second-order valence-electron chi connectivity index (χ2n) is 5.34. The molecule has 1 rings (SSSR count). The highest BCUT2D eigenvalue weighted by atomic mass is 16.6. The van der Waals surface area contributed by atoms with Crippen molar-refractivity contribution in [2.75, 3.05) is 0 Å². The van der Waals surface area contributed by atoms with Crippen LogP contribution in [0, 0.1) is 0 Å². The lowest BCUT2D eigenvalue weighted by atomic mass is 10.1. The minimum absolute atomic E-state index is 0.534. The van der Waals surface area contributed by atoms with Crippen LogP contribution < -0.4 is 0 Å². The summed E-state index contributed by atoms with van der Waals surface area (Å²) in [4.78, 5) is 0. The second kappa shape index (κ2) is 10.4. The standard InChI is InChI=1S/C17H30O/c1-3-5-7-9-11-13-15-17-16(18-17)14-12-10-8-6-4-2/h4,11,13,16-17H,2-3,5-10,12,14-15H2,1H3/t16-,17-/m1/s1. The van der Waals surface area contributed by atoms with E-state index >= 15 is 0 Å². The van der Waals surface area contributed by atoms with Gasteiger partial charge in [0.1, 0.15) is 0 Å². The zero-order chi connectivity index (χ0) is 13.1. The van der Waals surface area contributed by atoms with Crippen LogP contribution in [0.4, 0.5) is 0 Å². The molecule has 0 bridgehead atoms. The summed E-state index contributed by atoms with van der Waals surface area (Å²) in [6, 6.07) is 0. The maximum absolute atomic E-state index is 5.68. The summed E-state index contributed by atoms with van der Waals surface area (Å²) in [5.41, 5.74) is 0. The van der Waals surface area contributed by atoms with E-state index < -0.39 is 0 Å². The Kier molecular flexibility index (Phi) is 8.93. The van der Waals surface area contributed by atoms with E-state index in [9.17, 15) is 0 Å². The minimum atomic E-state index is 0.534. The molecule has 2 atom stereocenters. The highest BCUT2D eigenvalue weighted by Gasteiger charge is 2.36. The van der Waals surface area contributed by atoms with Crippen LogP contribution >= 0.6 is 0 Å². The predicted molar refractivity (Wildman–Crippen MR) is 79.8 cm³/mol. The average molecular weight is 250 g/mol. The Morgan fingerprint density at radius 1 is 0.944 bits per heavy atom. The van der Waals surface area contributed by atoms with Gasteiger partial charge in [0, 0.05) is 0 Å². The molecule has 0 N–H and O–H groups in total. The summed E-state index contributed by atoms with van der Waals surface area (Å²) in [6.07, 6.45) is 20.5. The van der Waals surface area contributed by atoms with Crippen molar-refractivity contribution in [1.29, 1.82) is 0 Å². The zero-order valence-electron chi connectivity index (χ0n) is 12.1. The Morgan fingerprint density at radius 2 is 1.78 bits per heavy atom. The lowest BCUT2D eigenvalue weighted by Crippen LogP contribution is -1.92. The van der Waals surface area contributed by atoms with Gasteiger partial charge in [0.2, 0.25) is 0 Å². The quantitative estimate of drug-likeness (QED) is 0.256. The summed E-state index contributed by atoms with van der Waals surface area (Å²) >= 11 is 0. The third kappa shape index (κ3) is 7.71. The van der Waals surface area contributed by atoms with Gasteiger partial charge in [-0.2, -0.15) is 0 Å². The van der Waals surface area contributed by atoms with E-state index in [2.05, 4.69) is 25.7 Å². The third-order valence-corrected chi connectivity index (χ3v) is 3.59. The zero-order valence-corrected chi connectivity index (χ0v) is 12.1. The molecule has 104 valence electrons. The molecule has 1 heterocycles. The molecule has 1 aliphatic rings. The van der Waals surface area contributed by atoms with Gasteiger partial charge in [-0.3, -0.25) is 0 Å². The lowest BCUT2D eigenvalue weighted by Gasteiger charge is -1.96. The Bertz CT molecular complexity index is 232. The largest absolute Gasteiger partial charge is 0.369 e. The molecule has 18 heavy (non-hydrogen) atoms. The molecule has 1 fully saturated rings. The monoisotopic (exact) mass is 250 g/mol. The molecular formula is C17H30O. The van der Waals surface area contributed by atoms with Crippen molar-refractivity contribution in [3.63, 3.8) is 0 Å². The Morgan fingerprint density at radius 3 is 2.56 bits per heavy atom. The molecule has 0 aromatic rings. The van der Waals surface area contributed by atoms with E-state index in [0.717, 1.165) is 12.8 Å². The van der Waals surface area contributed by atoms with Crippen molar-refractivity contribution in [3.05, 3.63) is 24.8 Å². The van der Waals surface area contributed by atoms with Gasteiger partial charge in [0.05, 0.1) is 12.2 Å². The fourth-order valence-electron chi connectivity index (χ4n) is 2.31. The number of hydrogen-bond donors (Lipinski definition) is 0. The van der Waals surface area contributed by atoms with Gasteiger partial charge in [-0.05, 0) is 38.5 Å². The molecule has 1 aliphatic heterocycles. The van der Waals surface area contributed by atoms with Crippen molar-refractivity contribution in [2.45, 2.75) is 83.3 Å². The molecule has 0 aliphatic carbocycles. The second-order valence-corrected chi connectivity index (χ2v) is 5.34. The molecular weight excluding hydrogens is 220 g/mol. The molecule has 1 nitrogen and oxygen atoms in total. The number of allylic oxidation sites excluding steroid dienone is 2. The van der Waals surface area contributed by atoms with Crippen molar-refractivity contribution >= 4 is 0 Å². The molecule has 0 aromatic heterocycles. The van der Waals surface area contributed by atoms with E-state index in [-0.39, 0.29) is 0 Å². The maximum Gasteiger partial charge on any atom is 0.0876 e. The highest BCUT2D eigenvalue weighted by molar-refractivity contribution is 4.93. The first-order chi connectivity index (χ1) is 8.88. The van der Waals surface area contributed by atoms with E-state index in [4.69, 9.17) is 4.74 Å². The number of rotatable bonds is 12. The van der Waals surface area contributed by atoms with Crippen molar-refractivity contribution in [3.8, 4) is 0 Å². The Balaban J connectivity index is 1.86. The molecule has 0 amide bonds. The van der Waals surface area contributed by atoms with Crippen LogP contribution in [-0.2, 0) is 4.74 Å². The summed E-state index contributed by atoms with van der Waals surface area (Å²) in [7, 11) is 0. The smallest absolute Gasteiger partial charge is 0.0876 e. The first-order valence-corrected chi connectivity index (χ1v) is 7.79. The first-order valence-electron chi connectivity index (χ1n) is 7.79. The molecule has 0 radical (unpaired) electrons. The van der Waals surface area contributed by atoms with Gasteiger partial charge in [0.25, 0.3) is 0 Å². The van der Waals surface area contributed by atoms with Crippen molar-refractivity contribution in [1.82, 2.24) is 0 Å². The summed E-state index contributed by atoms with van der Waals surface area (Å²) in [5.74, 6) is 0. The molecule has 0 saturated carbocycles. The van der Waals surface area contributed by atoms with Crippen LogP contribution in [0.25, 0.3) is 0 Å². The highest BCUT2D eigenvalue weighted by Crippen LogP contribution is 2.30. The number of epoxide rings is 1. The van der Waals surface area contributed by atoms with Crippen LogP contribution in [0.2, 0.25) is 0 Å². The van der Waals surface area contributed by atoms with Gasteiger partial charge in [-0.15, -0.1) is 6.58 Å². The Labute approximate surface area is 113 Å². The number of hydrogen-bond acceptors (Lipinski definition) is 1. The molecule has 1 heteroatoms. The van der Waals surface area contributed by atoms with E-state index in [0.29, 0.717) is 12.2 Å². The predicted octanol–water partition coefficient (Wildman–Crippen LogP) is 5.42. The minimum Gasteiger partial charge on any atom is -0.369 e. The van der Waals surface area contributed by atoms with Crippen LogP contribution in [0.1, 0.15) is 71.1 Å². The normalized spacial score (nSPS) is 22.5. The molecule has 0 aromatic carbocycles. The first kappa shape index (κ1) is 15.5. The van der Waals surface area contributed by atoms with Crippen molar-refractivity contribution < 1.29 is 4.74 Å². The van der Waals surface area contributed by atoms with E-state index in [1.807, 2.05) is 6.08 Å². The third-order valence-electron chi connectivity index (χ3n) is 3.59. The van der Waals surface area contributed by atoms with Gasteiger partial charge >= 0.3 is 0 Å². The Hall–Kier alpha value is -0.560. The summed E-state index contributed by atoms with van der Waals surface area (Å²) < 4.78 is 5.68. The van der Waals surface area contributed by atoms with Crippen molar-refractivity contribution in [2.24, 2.45) is 0 Å². The van der Waals surface area contributed by atoms with Crippen LogP contribution in [-0.4, -0.2) is 12.2 Å². The van der Waals surface area contributed by atoms with Gasteiger partial charge in [0.15, 0.2) is 0 Å². The fraction of sp³-hybridized carbons (Fsp3) is 0.765. The van der Waals surface area contributed by atoms with E-state index in [1.54, 1.807) is 0 Å². The maximum atomic E-state index is 5.68. The van der Waals surface area contributed by atoms with Gasteiger partial charge in [-0.25, -0.2) is 0 Å². The topological polar surface area (TPSA) is 12.5 Å². The molecule has 1 saturated heterocycles. The number of unbranched alkanes of at least 4 members (excludes halogenated alkanes) is 6. The number of ether oxygens (including phenoxy) is 1.